The summed E-state index contributed by atoms with van der Waals surface area (Å²) in [5, 5.41) is 0. The van der Waals surface area contributed by atoms with E-state index in [4.69, 9.17) is 0 Å². The first-order valence-electron chi connectivity index (χ1n) is 3.98. The van der Waals surface area contributed by atoms with E-state index in [0.717, 1.165) is 5.61 Å². The Hall–Kier alpha value is -0.785. The highest BCUT2D eigenvalue weighted by atomic mass is 14.7. The SMILES string of the molecule is C\C=C/C=C\C(=N\C)B(C)C. The van der Waals surface area contributed by atoms with E-state index in [1.54, 1.807) is 0 Å². The van der Waals surface area contributed by atoms with Gasteiger partial charge in [0.05, 0.1) is 0 Å². The van der Waals surface area contributed by atoms with E-state index in [-0.39, 0.29) is 0 Å². The molecular weight excluding hydrogens is 133 g/mol. The number of nitrogens with zero attached hydrogens (tertiary/aromatic N) is 1. The van der Waals surface area contributed by atoms with Crippen LogP contribution in [0.1, 0.15) is 6.92 Å². The quantitative estimate of drug-likeness (QED) is 0.332. The Morgan fingerprint density at radius 1 is 1.27 bits per heavy atom. The first-order valence-corrected chi connectivity index (χ1v) is 3.98. The molecule has 0 rings (SSSR count). The molecule has 0 aromatic heterocycles. The maximum atomic E-state index is 4.16. The Balaban J connectivity index is 4.10. The van der Waals surface area contributed by atoms with Gasteiger partial charge >= 0.3 is 0 Å². The van der Waals surface area contributed by atoms with Crippen LogP contribution < -0.4 is 0 Å². The van der Waals surface area contributed by atoms with Crippen LogP contribution in [0.25, 0.3) is 0 Å². The normalized spacial score (nSPS) is 13.3. The molecule has 0 aliphatic heterocycles. The van der Waals surface area contributed by atoms with Gasteiger partial charge in [0.1, 0.15) is 0 Å². The van der Waals surface area contributed by atoms with E-state index < -0.39 is 0 Å². The van der Waals surface area contributed by atoms with Crippen LogP contribution in [0.2, 0.25) is 13.6 Å². The molecule has 0 radical (unpaired) electrons. The highest BCUT2D eigenvalue weighted by Crippen LogP contribution is 1.89. The summed E-state index contributed by atoms with van der Waals surface area (Å²) < 4.78 is 0. The largest absolute Gasteiger partial charge is 0.303 e. The summed E-state index contributed by atoms with van der Waals surface area (Å²) in [7, 11) is 1.83. The molecule has 60 valence electrons. The number of hydrogen-bond donors (Lipinski definition) is 0. The van der Waals surface area contributed by atoms with Crippen LogP contribution in [-0.2, 0) is 0 Å². The smallest absolute Gasteiger partial charge is 0.193 e. The summed E-state index contributed by atoms with van der Waals surface area (Å²) in [6, 6.07) is 0. The predicted molar refractivity (Wildman–Crippen MR) is 54.8 cm³/mol. The molecule has 0 fully saturated rings. The molecule has 0 saturated heterocycles. The van der Waals surface area contributed by atoms with Crippen molar-refractivity contribution in [3.05, 3.63) is 24.3 Å². The lowest BCUT2D eigenvalue weighted by atomic mass is 9.50. The van der Waals surface area contributed by atoms with E-state index >= 15 is 0 Å². The number of hydrogen-bond acceptors (Lipinski definition) is 1. The van der Waals surface area contributed by atoms with Crippen LogP contribution in [0.5, 0.6) is 0 Å². The molecule has 0 saturated carbocycles. The van der Waals surface area contributed by atoms with Gasteiger partial charge in [0.15, 0.2) is 6.71 Å². The molecule has 0 amide bonds. The molecule has 11 heavy (non-hydrogen) atoms. The third-order valence-corrected chi connectivity index (χ3v) is 1.42. The Morgan fingerprint density at radius 3 is 2.27 bits per heavy atom. The molecular formula is C9H16BN. The van der Waals surface area contributed by atoms with Gasteiger partial charge in [-0.3, -0.25) is 0 Å². The lowest BCUT2D eigenvalue weighted by Gasteiger charge is -1.98. The molecule has 2 heteroatoms. The van der Waals surface area contributed by atoms with E-state index in [0.29, 0.717) is 6.71 Å². The Morgan fingerprint density at radius 2 is 1.91 bits per heavy atom. The van der Waals surface area contributed by atoms with Crippen molar-refractivity contribution in [3.8, 4) is 0 Å². The first kappa shape index (κ1) is 10.2. The van der Waals surface area contributed by atoms with Gasteiger partial charge in [-0.1, -0.05) is 38.0 Å². The van der Waals surface area contributed by atoms with Crippen molar-refractivity contribution in [1.29, 1.82) is 0 Å². The Kier molecular flexibility index (Phi) is 5.53. The summed E-state index contributed by atoms with van der Waals surface area (Å²) in [6.45, 7) is 6.80. The fraction of sp³-hybridized carbons (Fsp3) is 0.444. The van der Waals surface area contributed by atoms with Crippen molar-refractivity contribution in [2.45, 2.75) is 20.6 Å². The fourth-order valence-electron chi connectivity index (χ4n) is 0.790. The Labute approximate surface area is 70.0 Å². The molecule has 0 aromatic carbocycles. The number of aliphatic imine (C=N–C) groups is 1. The van der Waals surface area contributed by atoms with Gasteiger partial charge in [-0.2, -0.15) is 0 Å². The minimum absolute atomic E-state index is 0.515. The standard InChI is InChI=1S/C9H16BN/c1-5-6-7-8-9(11-4)10(2)3/h5-8H,1-4H3/b6-5-,8-7-,11-9-. The van der Waals surface area contributed by atoms with Crippen LogP contribution in [0, 0.1) is 0 Å². The first-order chi connectivity index (χ1) is 5.22. The molecule has 0 atom stereocenters. The lowest BCUT2D eigenvalue weighted by molar-refractivity contribution is 1.46. The minimum atomic E-state index is 0.515. The van der Waals surface area contributed by atoms with Gasteiger partial charge in [-0.25, -0.2) is 0 Å². The number of allylic oxidation sites excluding steroid dienone is 4. The van der Waals surface area contributed by atoms with Crippen molar-refractivity contribution in [3.63, 3.8) is 0 Å². The minimum Gasteiger partial charge on any atom is -0.303 e. The number of rotatable bonds is 3. The van der Waals surface area contributed by atoms with Crippen molar-refractivity contribution in [2.24, 2.45) is 4.99 Å². The van der Waals surface area contributed by atoms with Crippen LogP contribution in [0.3, 0.4) is 0 Å². The second kappa shape index (κ2) is 5.96. The summed E-state index contributed by atoms with van der Waals surface area (Å²) in [5.74, 6) is 0. The molecule has 0 N–H and O–H groups in total. The average Bonchev–Trinajstić information content (AvgIpc) is 1.97. The molecule has 1 nitrogen and oxygen atoms in total. The lowest BCUT2D eigenvalue weighted by Crippen LogP contribution is -2.14. The van der Waals surface area contributed by atoms with Crippen molar-refractivity contribution in [2.75, 3.05) is 7.05 Å². The zero-order valence-electron chi connectivity index (χ0n) is 7.83. The molecule has 0 unspecified atom stereocenters. The fourth-order valence-corrected chi connectivity index (χ4v) is 0.790. The summed E-state index contributed by atoms with van der Waals surface area (Å²) in [5.41, 5.74) is 1.14. The van der Waals surface area contributed by atoms with E-state index in [1.807, 2.05) is 38.3 Å². The van der Waals surface area contributed by atoms with Gasteiger partial charge in [-0.05, 0) is 12.5 Å². The van der Waals surface area contributed by atoms with E-state index in [1.165, 1.54) is 0 Å². The average molecular weight is 149 g/mol. The highest BCUT2D eigenvalue weighted by Gasteiger charge is 2.02. The van der Waals surface area contributed by atoms with Gasteiger partial charge in [0.2, 0.25) is 0 Å². The van der Waals surface area contributed by atoms with E-state index in [2.05, 4.69) is 18.6 Å². The molecule has 0 aliphatic carbocycles. The molecule has 0 aromatic rings. The van der Waals surface area contributed by atoms with Crippen LogP contribution >= 0.6 is 0 Å². The van der Waals surface area contributed by atoms with Crippen molar-refractivity contribution >= 4 is 12.3 Å². The topological polar surface area (TPSA) is 12.4 Å². The third-order valence-electron chi connectivity index (χ3n) is 1.42. The van der Waals surface area contributed by atoms with Gasteiger partial charge < -0.3 is 4.99 Å². The van der Waals surface area contributed by atoms with Crippen LogP contribution in [-0.4, -0.2) is 19.4 Å². The van der Waals surface area contributed by atoms with Gasteiger partial charge in [0, 0.05) is 7.05 Å². The van der Waals surface area contributed by atoms with Crippen LogP contribution in [0.4, 0.5) is 0 Å². The second-order valence-corrected chi connectivity index (χ2v) is 2.69. The predicted octanol–water partition coefficient (Wildman–Crippen LogP) is 2.48. The summed E-state index contributed by atoms with van der Waals surface area (Å²) in [4.78, 5) is 4.16. The maximum Gasteiger partial charge on any atom is 0.193 e. The Bertz CT molecular complexity index is 178. The van der Waals surface area contributed by atoms with Crippen molar-refractivity contribution in [1.82, 2.24) is 0 Å². The third kappa shape index (κ3) is 4.60. The van der Waals surface area contributed by atoms with Crippen molar-refractivity contribution < 1.29 is 0 Å². The van der Waals surface area contributed by atoms with Gasteiger partial charge in [0.25, 0.3) is 0 Å². The van der Waals surface area contributed by atoms with Crippen LogP contribution in [0.15, 0.2) is 29.3 Å². The molecule has 0 bridgehead atoms. The molecule has 0 heterocycles. The zero-order chi connectivity index (χ0) is 8.69. The van der Waals surface area contributed by atoms with E-state index in [9.17, 15) is 0 Å². The summed E-state index contributed by atoms with van der Waals surface area (Å²) in [6.07, 6.45) is 8.07. The monoisotopic (exact) mass is 149 g/mol. The zero-order valence-corrected chi connectivity index (χ0v) is 7.83. The summed E-state index contributed by atoms with van der Waals surface area (Å²) >= 11 is 0. The highest BCUT2D eigenvalue weighted by molar-refractivity contribution is 6.91. The molecule has 0 spiro atoms. The second-order valence-electron chi connectivity index (χ2n) is 2.69. The molecule has 0 aliphatic rings. The van der Waals surface area contributed by atoms with Gasteiger partial charge in [-0.15, -0.1) is 0 Å². The maximum absolute atomic E-state index is 4.16.